The smallest absolute Gasteiger partial charge is 0.229 e. The Balaban J connectivity index is 1.82. The van der Waals surface area contributed by atoms with Crippen molar-refractivity contribution in [3.05, 3.63) is 59.7 Å². The van der Waals surface area contributed by atoms with E-state index in [1.165, 1.54) is 5.56 Å². The SMILES string of the molecule is CS(=O)(=O)Nc1ccc2c(c1)CCC(c1ccccc1)N2. The minimum absolute atomic E-state index is 0.312. The molecule has 2 aromatic carbocycles. The average Bonchev–Trinajstić information content (AvgIpc) is 2.46. The summed E-state index contributed by atoms with van der Waals surface area (Å²) >= 11 is 0. The van der Waals surface area contributed by atoms with Crippen LogP contribution in [0.3, 0.4) is 0 Å². The van der Waals surface area contributed by atoms with Crippen molar-refractivity contribution in [2.45, 2.75) is 18.9 Å². The lowest BCUT2D eigenvalue weighted by Crippen LogP contribution is -2.18. The van der Waals surface area contributed by atoms with E-state index < -0.39 is 10.0 Å². The van der Waals surface area contributed by atoms with Crippen LogP contribution >= 0.6 is 0 Å². The van der Waals surface area contributed by atoms with Crippen molar-refractivity contribution in [1.29, 1.82) is 0 Å². The molecule has 0 radical (unpaired) electrons. The van der Waals surface area contributed by atoms with Crippen LogP contribution in [0.15, 0.2) is 48.5 Å². The van der Waals surface area contributed by atoms with Crippen LogP contribution in [0.4, 0.5) is 11.4 Å². The fourth-order valence-corrected chi connectivity index (χ4v) is 3.27. The predicted molar refractivity (Wildman–Crippen MR) is 86.0 cm³/mol. The topological polar surface area (TPSA) is 58.2 Å². The van der Waals surface area contributed by atoms with Crippen LogP contribution in [0.2, 0.25) is 0 Å². The van der Waals surface area contributed by atoms with Crippen LogP contribution in [-0.2, 0) is 16.4 Å². The van der Waals surface area contributed by atoms with Crippen molar-refractivity contribution in [1.82, 2.24) is 0 Å². The van der Waals surface area contributed by atoms with Crippen molar-refractivity contribution < 1.29 is 8.42 Å². The third kappa shape index (κ3) is 3.36. The lowest BCUT2D eigenvalue weighted by molar-refractivity contribution is 0.607. The molecule has 3 rings (SSSR count). The highest BCUT2D eigenvalue weighted by atomic mass is 32.2. The molecule has 0 aliphatic carbocycles. The Labute approximate surface area is 125 Å². The Morgan fingerprint density at radius 2 is 1.90 bits per heavy atom. The molecule has 1 heterocycles. The van der Waals surface area contributed by atoms with Gasteiger partial charge in [-0.25, -0.2) is 8.42 Å². The highest BCUT2D eigenvalue weighted by molar-refractivity contribution is 7.92. The second-order valence-corrected chi connectivity index (χ2v) is 7.14. The fourth-order valence-electron chi connectivity index (χ4n) is 2.71. The number of rotatable bonds is 3. The third-order valence-electron chi connectivity index (χ3n) is 3.64. The average molecular weight is 302 g/mol. The molecule has 2 aromatic rings. The normalized spacial score (nSPS) is 17.7. The molecule has 21 heavy (non-hydrogen) atoms. The highest BCUT2D eigenvalue weighted by Crippen LogP contribution is 2.34. The molecule has 0 aromatic heterocycles. The van der Waals surface area contributed by atoms with E-state index in [9.17, 15) is 8.42 Å². The molecule has 1 atom stereocenters. The molecule has 2 N–H and O–H groups in total. The number of benzene rings is 2. The summed E-state index contributed by atoms with van der Waals surface area (Å²) in [6.45, 7) is 0. The summed E-state index contributed by atoms with van der Waals surface area (Å²) in [5, 5.41) is 3.53. The Morgan fingerprint density at radius 3 is 2.62 bits per heavy atom. The van der Waals surface area contributed by atoms with Crippen LogP contribution in [0, 0.1) is 0 Å². The van der Waals surface area contributed by atoms with E-state index >= 15 is 0 Å². The highest BCUT2D eigenvalue weighted by Gasteiger charge is 2.19. The lowest BCUT2D eigenvalue weighted by Gasteiger charge is -2.28. The first kappa shape index (κ1) is 13.9. The molecule has 4 nitrogen and oxygen atoms in total. The summed E-state index contributed by atoms with van der Waals surface area (Å²) in [5.41, 5.74) is 4.13. The summed E-state index contributed by atoms with van der Waals surface area (Å²) in [6, 6.07) is 16.3. The fraction of sp³-hybridized carbons (Fsp3) is 0.250. The Bertz CT molecular complexity index is 742. The standard InChI is InChI=1S/C16H18N2O2S/c1-21(19,20)18-14-8-10-16-13(11-14)7-9-15(17-16)12-5-3-2-4-6-12/h2-6,8,10-11,15,17-18H,7,9H2,1H3. The molecule has 1 aliphatic rings. The zero-order chi connectivity index (χ0) is 14.9. The summed E-state index contributed by atoms with van der Waals surface area (Å²) < 4.78 is 25.1. The number of anilines is 2. The van der Waals surface area contributed by atoms with Gasteiger partial charge < -0.3 is 5.32 Å². The molecule has 0 saturated carbocycles. The Hall–Kier alpha value is -2.01. The van der Waals surface area contributed by atoms with Gasteiger partial charge in [-0.3, -0.25) is 4.72 Å². The van der Waals surface area contributed by atoms with E-state index in [0.717, 1.165) is 30.3 Å². The van der Waals surface area contributed by atoms with Crippen LogP contribution in [0.5, 0.6) is 0 Å². The van der Waals surface area contributed by atoms with Crippen molar-refractivity contribution in [2.24, 2.45) is 0 Å². The van der Waals surface area contributed by atoms with Gasteiger partial charge in [0.25, 0.3) is 0 Å². The molecule has 1 unspecified atom stereocenters. The maximum Gasteiger partial charge on any atom is 0.229 e. The van der Waals surface area contributed by atoms with Crippen LogP contribution < -0.4 is 10.0 Å². The monoisotopic (exact) mass is 302 g/mol. The quantitative estimate of drug-likeness (QED) is 0.915. The van der Waals surface area contributed by atoms with Gasteiger partial charge in [-0.2, -0.15) is 0 Å². The summed E-state index contributed by atoms with van der Waals surface area (Å²) in [6.07, 6.45) is 3.09. The molecular weight excluding hydrogens is 284 g/mol. The second kappa shape index (κ2) is 5.41. The number of nitrogens with one attached hydrogen (secondary N) is 2. The van der Waals surface area contributed by atoms with Gasteiger partial charge in [0.05, 0.1) is 12.3 Å². The van der Waals surface area contributed by atoms with Crippen molar-refractivity contribution >= 4 is 21.4 Å². The van der Waals surface area contributed by atoms with Gasteiger partial charge in [-0.05, 0) is 42.2 Å². The summed E-state index contributed by atoms with van der Waals surface area (Å²) in [4.78, 5) is 0. The minimum Gasteiger partial charge on any atom is -0.378 e. The number of sulfonamides is 1. The Morgan fingerprint density at radius 1 is 1.14 bits per heavy atom. The molecule has 0 amide bonds. The molecule has 1 aliphatic heterocycles. The molecule has 110 valence electrons. The van der Waals surface area contributed by atoms with Crippen LogP contribution in [-0.4, -0.2) is 14.7 Å². The third-order valence-corrected chi connectivity index (χ3v) is 4.25. The molecule has 5 heteroatoms. The number of fused-ring (bicyclic) bond motifs is 1. The van der Waals surface area contributed by atoms with E-state index in [0.29, 0.717) is 11.7 Å². The molecular formula is C16H18N2O2S. The van der Waals surface area contributed by atoms with Crippen molar-refractivity contribution in [2.75, 3.05) is 16.3 Å². The van der Waals surface area contributed by atoms with E-state index in [-0.39, 0.29) is 0 Å². The van der Waals surface area contributed by atoms with Crippen molar-refractivity contribution in [3.63, 3.8) is 0 Å². The van der Waals surface area contributed by atoms with Gasteiger partial charge in [-0.15, -0.1) is 0 Å². The van der Waals surface area contributed by atoms with Gasteiger partial charge in [0.15, 0.2) is 0 Å². The van der Waals surface area contributed by atoms with Gasteiger partial charge in [-0.1, -0.05) is 30.3 Å². The predicted octanol–water partition coefficient (Wildman–Crippen LogP) is 3.16. The second-order valence-electron chi connectivity index (χ2n) is 5.39. The lowest BCUT2D eigenvalue weighted by atomic mass is 9.93. The summed E-state index contributed by atoms with van der Waals surface area (Å²) in [5.74, 6) is 0. The minimum atomic E-state index is -3.23. The van der Waals surface area contributed by atoms with E-state index in [1.54, 1.807) is 6.07 Å². The molecule has 0 saturated heterocycles. The van der Waals surface area contributed by atoms with Crippen molar-refractivity contribution in [3.8, 4) is 0 Å². The van der Waals surface area contributed by atoms with Crippen LogP contribution in [0.1, 0.15) is 23.6 Å². The molecule has 0 fully saturated rings. The van der Waals surface area contributed by atoms with Gasteiger partial charge in [0, 0.05) is 11.4 Å². The van der Waals surface area contributed by atoms with Crippen LogP contribution in [0.25, 0.3) is 0 Å². The van der Waals surface area contributed by atoms with E-state index in [4.69, 9.17) is 0 Å². The zero-order valence-corrected chi connectivity index (χ0v) is 12.7. The first-order chi connectivity index (χ1) is 10.0. The van der Waals surface area contributed by atoms with E-state index in [2.05, 4.69) is 22.2 Å². The largest absolute Gasteiger partial charge is 0.378 e. The number of hydrogen-bond donors (Lipinski definition) is 2. The first-order valence-electron chi connectivity index (χ1n) is 6.93. The van der Waals surface area contributed by atoms with E-state index in [1.807, 2.05) is 30.3 Å². The van der Waals surface area contributed by atoms with Gasteiger partial charge in [0.2, 0.25) is 10.0 Å². The molecule has 0 bridgehead atoms. The van der Waals surface area contributed by atoms with Gasteiger partial charge in [0.1, 0.15) is 0 Å². The first-order valence-corrected chi connectivity index (χ1v) is 8.82. The van der Waals surface area contributed by atoms with Gasteiger partial charge >= 0.3 is 0 Å². The molecule has 0 spiro atoms. The summed E-state index contributed by atoms with van der Waals surface area (Å²) in [7, 11) is -3.23. The maximum atomic E-state index is 11.3. The number of hydrogen-bond acceptors (Lipinski definition) is 3. The maximum absolute atomic E-state index is 11.3. The zero-order valence-electron chi connectivity index (χ0n) is 11.8. The Kier molecular flexibility index (Phi) is 3.59. The number of aryl methyl sites for hydroxylation is 1.